The summed E-state index contributed by atoms with van der Waals surface area (Å²) in [6.45, 7) is 2.60. The van der Waals surface area contributed by atoms with Gasteiger partial charge in [0.05, 0.1) is 0 Å². The second-order valence-corrected chi connectivity index (χ2v) is 5.08. The average Bonchev–Trinajstić information content (AvgIpc) is 2.85. The van der Waals surface area contributed by atoms with Crippen LogP contribution in [0.5, 0.6) is 0 Å². The molecule has 2 N–H and O–H groups in total. The summed E-state index contributed by atoms with van der Waals surface area (Å²) in [6.07, 6.45) is 7.90. The number of nitrogens with one attached hydrogen (secondary N) is 1. The molecule has 0 aromatic rings. The van der Waals surface area contributed by atoms with Crippen LogP contribution in [0.15, 0.2) is 11.6 Å². The molecule has 3 unspecified atom stereocenters. The molecule has 0 heterocycles. The van der Waals surface area contributed by atoms with E-state index in [-0.39, 0.29) is 0 Å². The first kappa shape index (κ1) is 11.6. The van der Waals surface area contributed by atoms with Crippen LogP contribution >= 0.6 is 0 Å². The van der Waals surface area contributed by atoms with Crippen LogP contribution in [-0.4, -0.2) is 23.7 Å². The van der Waals surface area contributed by atoms with Crippen LogP contribution in [0.1, 0.15) is 39.0 Å². The predicted octanol–water partition coefficient (Wildman–Crippen LogP) is 2.19. The minimum absolute atomic E-state index is 0.524. The zero-order chi connectivity index (χ0) is 11.5. The highest BCUT2D eigenvalue weighted by molar-refractivity contribution is 5.86. The van der Waals surface area contributed by atoms with Gasteiger partial charge in [-0.3, -0.25) is 0 Å². The van der Waals surface area contributed by atoms with E-state index in [1.54, 1.807) is 0 Å². The molecule has 2 saturated carbocycles. The van der Waals surface area contributed by atoms with E-state index in [9.17, 15) is 4.79 Å². The van der Waals surface area contributed by atoms with Crippen LogP contribution in [0.3, 0.4) is 0 Å². The molecule has 0 aromatic heterocycles. The first-order valence-corrected chi connectivity index (χ1v) is 6.36. The Bertz CT molecular complexity index is 298. The van der Waals surface area contributed by atoms with E-state index < -0.39 is 5.97 Å². The summed E-state index contributed by atoms with van der Waals surface area (Å²) in [5.41, 5.74) is 0.524. The largest absolute Gasteiger partial charge is 0.478 e. The summed E-state index contributed by atoms with van der Waals surface area (Å²) in [5, 5.41) is 12.4. The van der Waals surface area contributed by atoms with Crippen molar-refractivity contribution in [3.8, 4) is 0 Å². The van der Waals surface area contributed by atoms with Gasteiger partial charge in [0.2, 0.25) is 0 Å². The average molecular weight is 223 g/mol. The lowest BCUT2D eigenvalue weighted by molar-refractivity contribution is -0.132. The van der Waals surface area contributed by atoms with Crippen LogP contribution in [0.25, 0.3) is 0 Å². The zero-order valence-electron chi connectivity index (χ0n) is 9.91. The van der Waals surface area contributed by atoms with Crippen LogP contribution in [-0.2, 0) is 4.79 Å². The maximum absolute atomic E-state index is 10.8. The molecule has 2 rings (SSSR count). The number of carboxylic acid groups (broad SMARTS) is 1. The lowest BCUT2D eigenvalue weighted by atomic mass is 9.95. The molecule has 0 spiro atoms. The summed E-state index contributed by atoms with van der Waals surface area (Å²) >= 11 is 0. The standard InChI is InChI=1S/C13H21NO2/c1-2-10(13(15)16)5-6-14-12-8-9-3-4-11(12)7-9/h5,9,11-12,14H,2-4,6-8H2,1H3,(H,15,16). The molecule has 2 aliphatic rings. The molecular weight excluding hydrogens is 202 g/mol. The van der Waals surface area contributed by atoms with Crippen molar-refractivity contribution < 1.29 is 9.90 Å². The number of carboxylic acids is 1. The van der Waals surface area contributed by atoms with Gasteiger partial charge in [-0.25, -0.2) is 4.79 Å². The SMILES string of the molecule is CCC(=CCNC1CC2CCC1C2)C(=O)O. The molecule has 0 radical (unpaired) electrons. The van der Waals surface area contributed by atoms with Gasteiger partial charge in [-0.2, -0.15) is 0 Å². The van der Waals surface area contributed by atoms with Crippen molar-refractivity contribution in [2.45, 2.75) is 45.1 Å². The third kappa shape index (κ3) is 2.46. The number of carbonyl (C=O) groups is 1. The molecule has 2 fully saturated rings. The molecule has 3 heteroatoms. The number of hydrogen-bond donors (Lipinski definition) is 2. The van der Waals surface area contributed by atoms with E-state index >= 15 is 0 Å². The van der Waals surface area contributed by atoms with Crippen molar-refractivity contribution >= 4 is 5.97 Å². The number of hydrogen-bond acceptors (Lipinski definition) is 2. The number of aliphatic carboxylic acids is 1. The lowest BCUT2D eigenvalue weighted by Gasteiger charge is -2.22. The molecular formula is C13H21NO2. The van der Waals surface area contributed by atoms with Crippen molar-refractivity contribution in [2.24, 2.45) is 11.8 Å². The highest BCUT2D eigenvalue weighted by Crippen LogP contribution is 2.44. The second-order valence-electron chi connectivity index (χ2n) is 5.08. The van der Waals surface area contributed by atoms with Gasteiger partial charge in [-0.05, 0) is 37.5 Å². The van der Waals surface area contributed by atoms with Crippen LogP contribution in [0.4, 0.5) is 0 Å². The summed E-state index contributed by atoms with van der Waals surface area (Å²) in [5.74, 6) is 1.02. The summed E-state index contributed by atoms with van der Waals surface area (Å²) in [4.78, 5) is 10.8. The molecule has 2 aliphatic carbocycles. The fourth-order valence-electron chi connectivity index (χ4n) is 3.21. The van der Waals surface area contributed by atoms with Crippen molar-refractivity contribution in [1.29, 1.82) is 0 Å². The maximum Gasteiger partial charge on any atom is 0.331 e. The Hall–Kier alpha value is -0.830. The van der Waals surface area contributed by atoms with Gasteiger partial charge in [0.1, 0.15) is 0 Å². The van der Waals surface area contributed by atoms with E-state index in [1.807, 2.05) is 13.0 Å². The smallest absolute Gasteiger partial charge is 0.331 e. The Morgan fingerprint density at radius 3 is 2.75 bits per heavy atom. The third-order valence-electron chi connectivity index (χ3n) is 4.12. The minimum atomic E-state index is -0.780. The zero-order valence-corrected chi connectivity index (χ0v) is 9.91. The van der Waals surface area contributed by atoms with Crippen molar-refractivity contribution in [3.63, 3.8) is 0 Å². The van der Waals surface area contributed by atoms with Gasteiger partial charge >= 0.3 is 5.97 Å². The Morgan fingerprint density at radius 1 is 1.44 bits per heavy atom. The fraction of sp³-hybridized carbons (Fsp3) is 0.769. The van der Waals surface area contributed by atoms with E-state index in [1.165, 1.54) is 25.7 Å². The van der Waals surface area contributed by atoms with E-state index in [2.05, 4.69) is 5.32 Å². The summed E-state index contributed by atoms with van der Waals surface area (Å²) < 4.78 is 0. The van der Waals surface area contributed by atoms with Gasteiger partial charge < -0.3 is 10.4 Å². The minimum Gasteiger partial charge on any atom is -0.478 e. The molecule has 0 aliphatic heterocycles. The third-order valence-corrected chi connectivity index (χ3v) is 4.12. The van der Waals surface area contributed by atoms with Gasteiger partial charge in [-0.15, -0.1) is 0 Å². The molecule has 0 saturated heterocycles. The maximum atomic E-state index is 10.8. The van der Waals surface area contributed by atoms with Crippen molar-refractivity contribution in [1.82, 2.24) is 5.32 Å². The van der Waals surface area contributed by atoms with E-state index in [0.29, 0.717) is 24.6 Å². The van der Waals surface area contributed by atoms with Gasteiger partial charge in [-0.1, -0.05) is 19.4 Å². The van der Waals surface area contributed by atoms with Crippen LogP contribution in [0, 0.1) is 11.8 Å². The van der Waals surface area contributed by atoms with E-state index in [0.717, 1.165) is 11.8 Å². The van der Waals surface area contributed by atoms with Crippen LogP contribution < -0.4 is 5.32 Å². The fourth-order valence-corrected chi connectivity index (χ4v) is 3.21. The second kappa shape index (κ2) is 5.00. The predicted molar refractivity (Wildman–Crippen MR) is 63.2 cm³/mol. The quantitative estimate of drug-likeness (QED) is 0.702. The summed E-state index contributed by atoms with van der Waals surface area (Å²) in [7, 11) is 0. The first-order valence-electron chi connectivity index (χ1n) is 6.36. The van der Waals surface area contributed by atoms with E-state index in [4.69, 9.17) is 5.11 Å². The lowest BCUT2D eigenvalue weighted by Crippen LogP contribution is -2.34. The van der Waals surface area contributed by atoms with Gasteiger partial charge in [0.15, 0.2) is 0 Å². The van der Waals surface area contributed by atoms with Gasteiger partial charge in [0, 0.05) is 18.2 Å². The summed E-state index contributed by atoms with van der Waals surface area (Å²) in [6, 6.07) is 0.641. The number of rotatable bonds is 5. The van der Waals surface area contributed by atoms with Gasteiger partial charge in [0.25, 0.3) is 0 Å². The Balaban J connectivity index is 1.77. The normalized spacial score (nSPS) is 33.3. The van der Waals surface area contributed by atoms with Crippen molar-refractivity contribution in [2.75, 3.05) is 6.54 Å². The molecule has 2 bridgehead atoms. The molecule has 90 valence electrons. The highest BCUT2D eigenvalue weighted by atomic mass is 16.4. The molecule has 3 atom stereocenters. The molecule has 0 amide bonds. The Labute approximate surface area is 96.9 Å². The number of fused-ring (bicyclic) bond motifs is 2. The molecule has 16 heavy (non-hydrogen) atoms. The monoisotopic (exact) mass is 223 g/mol. The molecule has 3 nitrogen and oxygen atoms in total. The highest BCUT2D eigenvalue weighted by Gasteiger charge is 2.38. The first-order chi connectivity index (χ1) is 7.70. The molecule has 0 aromatic carbocycles. The Morgan fingerprint density at radius 2 is 2.25 bits per heavy atom. The Kier molecular flexibility index (Phi) is 3.64. The van der Waals surface area contributed by atoms with Crippen molar-refractivity contribution in [3.05, 3.63) is 11.6 Å². The topological polar surface area (TPSA) is 49.3 Å². The van der Waals surface area contributed by atoms with Crippen LogP contribution in [0.2, 0.25) is 0 Å².